The molecule has 0 bridgehead atoms. The van der Waals surface area contributed by atoms with Crippen LogP contribution in [0.15, 0.2) is 36.7 Å². The first-order chi connectivity index (χ1) is 9.61. The van der Waals surface area contributed by atoms with Gasteiger partial charge in [-0.25, -0.2) is 4.98 Å². The summed E-state index contributed by atoms with van der Waals surface area (Å²) in [6, 6.07) is 7.53. The minimum Gasteiger partial charge on any atom is -0.378 e. The van der Waals surface area contributed by atoms with Crippen LogP contribution < -0.4 is 10.2 Å². The quantitative estimate of drug-likeness (QED) is 0.904. The van der Waals surface area contributed by atoms with E-state index in [1.54, 1.807) is 6.20 Å². The van der Waals surface area contributed by atoms with Crippen molar-refractivity contribution in [2.75, 3.05) is 19.0 Å². The molecule has 1 aromatic heterocycles. The van der Waals surface area contributed by atoms with Gasteiger partial charge in [-0.1, -0.05) is 0 Å². The normalized spacial score (nSPS) is 10.3. The van der Waals surface area contributed by atoms with Gasteiger partial charge in [0.15, 0.2) is 0 Å². The van der Waals surface area contributed by atoms with Gasteiger partial charge < -0.3 is 14.8 Å². The third-order valence-electron chi connectivity index (χ3n) is 3.20. The molecule has 5 nitrogen and oxygen atoms in total. The number of nitrogens with zero attached hydrogens (tertiary/aromatic N) is 3. The lowest BCUT2D eigenvalue weighted by molar-refractivity contribution is 0.0949. The summed E-state index contributed by atoms with van der Waals surface area (Å²) in [7, 11) is 3.94. The van der Waals surface area contributed by atoms with Crippen molar-refractivity contribution in [2.24, 2.45) is 0 Å². The predicted octanol–water partition coefficient (Wildman–Crippen LogP) is 1.90. The molecule has 1 aromatic carbocycles. The lowest BCUT2D eigenvalue weighted by atomic mass is 10.2. The second-order valence-corrected chi connectivity index (χ2v) is 4.75. The zero-order valence-corrected chi connectivity index (χ0v) is 12.1. The topological polar surface area (TPSA) is 50.2 Å². The summed E-state index contributed by atoms with van der Waals surface area (Å²) in [4.78, 5) is 18.3. The number of anilines is 1. The molecule has 1 amide bonds. The van der Waals surface area contributed by atoms with Crippen molar-refractivity contribution in [1.29, 1.82) is 0 Å². The molecule has 0 aliphatic carbocycles. The van der Waals surface area contributed by atoms with Gasteiger partial charge >= 0.3 is 0 Å². The highest BCUT2D eigenvalue weighted by atomic mass is 16.1. The Morgan fingerprint density at radius 1 is 1.30 bits per heavy atom. The Balaban J connectivity index is 1.98. The number of imidazole rings is 1. The van der Waals surface area contributed by atoms with Crippen LogP contribution in [-0.4, -0.2) is 29.6 Å². The van der Waals surface area contributed by atoms with Gasteiger partial charge in [-0.15, -0.1) is 0 Å². The van der Waals surface area contributed by atoms with Crippen molar-refractivity contribution in [3.05, 3.63) is 48.0 Å². The molecule has 0 fully saturated rings. The molecule has 0 saturated heterocycles. The van der Waals surface area contributed by atoms with Crippen LogP contribution in [0.4, 0.5) is 5.69 Å². The molecule has 5 heteroatoms. The molecule has 0 spiro atoms. The number of carbonyl (C=O) groups excluding carboxylic acids is 1. The van der Waals surface area contributed by atoms with Crippen LogP contribution in [0.3, 0.4) is 0 Å². The number of aromatic nitrogens is 2. The smallest absolute Gasteiger partial charge is 0.251 e. The van der Waals surface area contributed by atoms with Crippen molar-refractivity contribution in [1.82, 2.24) is 14.9 Å². The highest BCUT2D eigenvalue weighted by Crippen LogP contribution is 2.12. The number of rotatable bonds is 5. The maximum absolute atomic E-state index is 12.1. The number of hydrogen-bond donors (Lipinski definition) is 1. The van der Waals surface area contributed by atoms with Gasteiger partial charge in [-0.05, 0) is 31.2 Å². The molecule has 0 radical (unpaired) electrons. The summed E-state index contributed by atoms with van der Waals surface area (Å²) in [5.41, 5.74) is 1.73. The highest BCUT2D eigenvalue weighted by molar-refractivity contribution is 5.94. The van der Waals surface area contributed by atoms with Crippen molar-refractivity contribution in [3.63, 3.8) is 0 Å². The summed E-state index contributed by atoms with van der Waals surface area (Å²) in [6.07, 6.45) is 3.66. The van der Waals surface area contributed by atoms with Crippen molar-refractivity contribution in [3.8, 4) is 0 Å². The molecule has 2 rings (SSSR count). The maximum Gasteiger partial charge on any atom is 0.251 e. The van der Waals surface area contributed by atoms with Crippen LogP contribution in [0.5, 0.6) is 0 Å². The molecule has 0 unspecified atom stereocenters. The van der Waals surface area contributed by atoms with E-state index in [0.29, 0.717) is 12.1 Å². The minimum absolute atomic E-state index is 0.0824. The molecule has 0 atom stereocenters. The Kier molecular flexibility index (Phi) is 4.40. The van der Waals surface area contributed by atoms with E-state index < -0.39 is 0 Å². The summed E-state index contributed by atoms with van der Waals surface area (Å²) in [6.45, 7) is 3.34. The third kappa shape index (κ3) is 3.17. The van der Waals surface area contributed by atoms with Crippen molar-refractivity contribution >= 4 is 11.6 Å². The molecule has 1 heterocycles. The van der Waals surface area contributed by atoms with Gasteiger partial charge in [0.2, 0.25) is 0 Å². The summed E-state index contributed by atoms with van der Waals surface area (Å²) >= 11 is 0. The fourth-order valence-electron chi connectivity index (χ4n) is 1.97. The lowest BCUT2D eigenvalue weighted by Gasteiger charge is -2.12. The molecule has 106 valence electrons. The Hall–Kier alpha value is -2.30. The van der Waals surface area contributed by atoms with Crippen LogP contribution in [0, 0.1) is 0 Å². The monoisotopic (exact) mass is 272 g/mol. The number of amides is 1. The van der Waals surface area contributed by atoms with Gasteiger partial charge in [-0.2, -0.15) is 0 Å². The van der Waals surface area contributed by atoms with Crippen LogP contribution in [0.1, 0.15) is 23.1 Å². The van der Waals surface area contributed by atoms with E-state index in [0.717, 1.165) is 18.1 Å². The molecule has 1 N–H and O–H groups in total. The van der Waals surface area contributed by atoms with Crippen LogP contribution in [0.2, 0.25) is 0 Å². The van der Waals surface area contributed by atoms with Gasteiger partial charge in [-0.3, -0.25) is 4.79 Å². The van der Waals surface area contributed by atoms with Crippen LogP contribution >= 0.6 is 0 Å². The Morgan fingerprint density at radius 3 is 2.60 bits per heavy atom. The van der Waals surface area contributed by atoms with Crippen LogP contribution in [-0.2, 0) is 13.1 Å². The standard InChI is InChI=1S/C15H20N4O/c1-4-19-10-9-16-14(19)11-17-15(20)12-5-7-13(8-6-12)18(2)3/h5-10H,4,11H2,1-3H3,(H,17,20). The fraction of sp³-hybridized carbons (Fsp3) is 0.333. The third-order valence-corrected chi connectivity index (χ3v) is 3.20. The summed E-state index contributed by atoms with van der Waals surface area (Å²) in [5, 5.41) is 2.89. The predicted molar refractivity (Wildman–Crippen MR) is 79.8 cm³/mol. The summed E-state index contributed by atoms with van der Waals surface area (Å²) in [5.74, 6) is 0.784. The number of aryl methyl sites for hydroxylation is 1. The number of nitrogens with one attached hydrogen (secondary N) is 1. The number of carbonyl (C=O) groups is 1. The molecule has 0 aliphatic rings. The average molecular weight is 272 g/mol. The number of benzene rings is 1. The lowest BCUT2D eigenvalue weighted by Crippen LogP contribution is -2.24. The van der Waals surface area contributed by atoms with E-state index in [9.17, 15) is 4.79 Å². The van der Waals surface area contributed by atoms with E-state index in [-0.39, 0.29) is 5.91 Å². The average Bonchev–Trinajstić information content (AvgIpc) is 2.92. The first-order valence-corrected chi connectivity index (χ1v) is 6.67. The largest absolute Gasteiger partial charge is 0.378 e. The first-order valence-electron chi connectivity index (χ1n) is 6.67. The SMILES string of the molecule is CCn1ccnc1CNC(=O)c1ccc(N(C)C)cc1. The maximum atomic E-state index is 12.1. The van der Waals surface area contributed by atoms with Gasteiger partial charge in [0.05, 0.1) is 6.54 Å². The molecular weight excluding hydrogens is 252 g/mol. The van der Waals surface area contributed by atoms with Gasteiger partial charge in [0.25, 0.3) is 5.91 Å². The van der Waals surface area contributed by atoms with Crippen molar-refractivity contribution in [2.45, 2.75) is 20.0 Å². The highest BCUT2D eigenvalue weighted by Gasteiger charge is 2.07. The van der Waals surface area contributed by atoms with Gasteiger partial charge in [0.1, 0.15) is 5.82 Å². The zero-order chi connectivity index (χ0) is 14.5. The van der Waals surface area contributed by atoms with E-state index in [2.05, 4.69) is 10.3 Å². The molecular formula is C15H20N4O. The molecule has 2 aromatic rings. The van der Waals surface area contributed by atoms with E-state index in [1.165, 1.54) is 0 Å². The Labute approximate surface area is 119 Å². The van der Waals surface area contributed by atoms with Crippen molar-refractivity contribution < 1.29 is 4.79 Å². The minimum atomic E-state index is -0.0824. The molecule has 0 aliphatic heterocycles. The van der Waals surface area contributed by atoms with Gasteiger partial charge in [0, 0.05) is 44.3 Å². The zero-order valence-electron chi connectivity index (χ0n) is 12.1. The van der Waals surface area contributed by atoms with E-state index in [4.69, 9.17) is 0 Å². The molecule has 20 heavy (non-hydrogen) atoms. The van der Waals surface area contributed by atoms with Crippen LogP contribution in [0.25, 0.3) is 0 Å². The van der Waals surface area contributed by atoms with E-state index in [1.807, 2.05) is 60.9 Å². The Morgan fingerprint density at radius 2 is 2.00 bits per heavy atom. The summed E-state index contributed by atoms with van der Waals surface area (Å²) < 4.78 is 2.01. The number of hydrogen-bond acceptors (Lipinski definition) is 3. The van der Waals surface area contributed by atoms with E-state index >= 15 is 0 Å². The fourth-order valence-corrected chi connectivity index (χ4v) is 1.97. The Bertz CT molecular complexity index is 572. The first kappa shape index (κ1) is 14.1. The molecule has 0 saturated carbocycles. The second-order valence-electron chi connectivity index (χ2n) is 4.75. The second kappa shape index (κ2) is 6.23.